The van der Waals surface area contributed by atoms with Gasteiger partial charge in [0.25, 0.3) is 0 Å². The number of fused-ring (bicyclic) bond motifs is 3. The third-order valence-electron chi connectivity index (χ3n) is 6.31. The molecule has 1 heterocycles. The number of likely N-dealkylation sites (tertiary alicyclic amines) is 1. The van der Waals surface area contributed by atoms with E-state index in [1.54, 1.807) is 0 Å². The van der Waals surface area contributed by atoms with Crippen molar-refractivity contribution in [2.24, 2.45) is 5.92 Å². The zero-order valence-electron chi connectivity index (χ0n) is 18.0. The van der Waals surface area contributed by atoms with Crippen molar-refractivity contribution in [2.45, 2.75) is 31.0 Å². The average Bonchev–Trinajstić information content (AvgIpc) is 3.40. The molecule has 0 saturated carbocycles. The number of aliphatic carboxylic acids is 1. The molecular formula is C24H23F3N2O5. The summed E-state index contributed by atoms with van der Waals surface area (Å²) in [5.41, 5.74) is 3.92. The lowest BCUT2D eigenvalue weighted by molar-refractivity contribution is -0.189. The molecule has 1 aliphatic heterocycles. The van der Waals surface area contributed by atoms with Crippen molar-refractivity contribution in [3.63, 3.8) is 0 Å². The summed E-state index contributed by atoms with van der Waals surface area (Å²) in [6.45, 7) is -1.20. The maximum atomic E-state index is 13.6. The molecule has 1 unspecified atom stereocenters. The van der Waals surface area contributed by atoms with Gasteiger partial charge in [-0.3, -0.25) is 4.79 Å². The summed E-state index contributed by atoms with van der Waals surface area (Å²) in [5.74, 6) is -5.54. The molecule has 2 N–H and O–H groups in total. The van der Waals surface area contributed by atoms with Gasteiger partial charge in [0.1, 0.15) is 12.6 Å². The minimum Gasteiger partial charge on any atom is -0.480 e. The molecule has 34 heavy (non-hydrogen) atoms. The SMILES string of the molecule is O=C(NCC(C(=O)N1CCC[C@H]1C(=O)O)C(F)(F)F)OCC1c2ccccc2-c2ccccc21. The first-order chi connectivity index (χ1) is 16.2. The van der Waals surface area contributed by atoms with Crippen LogP contribution in [0.25, 0.3) is 11.1 Å². The highest BCUT2D eigenvalue weighted by Crippen LogP contribution is 2.44. The lowest BCUT2D eigenvalue weighted by Crippen LogP contribution is -2.51. The number of alkyl carbamates (subject to hydrolysis) is 1. The molecule has 2 atom stereocenters. The Bertz CT molecular complexity index is 1060. The fourth-order valence-electron chi connectivity index (χ4n) is 4.67. The molecule has 4 rings (SSSR count). The zero-order chi connectivity index (χ0) is 24.5. The second-order valence-electron chi connectivity index (χ2n) is 8.33. The number of ether oxygens (including phenoxy) is 1. The summed E-state index contributed by atoms with van der Waals surface area (Å²) in [6, 6.07) is 14.0. The summed E-state index contributed by atoms with van der Waals surface area (Å²) >= 11 is 0. The Morgan fingerprint density at radius 1 is 1.06 bits per heavy atom. The number of alkyl halides is 3. The molecule has 2 aromatic rings. The number of halogens is 3. The van der Waals surface area contributed by atoms with Crippen LogP contribution in [0.2, 0.25) is 0 Å². The number of rotatable bonds is 6. The number of carbonyl (C=O) groups is 3. The Labute approximate surface area is 193 Å². The number of hydrogen-bond donors (Lipinski definition) is 2. The molecule has 0 spiro atoms. The molecule has 0 aromatic heterocycles. The number of benzene rings is 2. The van der Waals surface area contributed by atoms with Crippen LogP contribution in [0.5, 0.6) is 0 Å². The smallest absolute Gasteiger partial charge is 0.407 e. The monoisotopic (exact) mass is 476 g/mol. The van der Waals surface area contributed by atoms with Crippen LogP contribution < -0.4 is 5.32 Å². The highest BCUT2D eigenvalue weighted by atomic mass is 19.4. The summed E-state index contributed by atoms with van der Waals surface area (Å²) in [6.07, 6.45) is -5.65. The van der Waals surface area contributed by atoms with Crippen molar-refractivity contribution in [3.8, 4) is 11.1 Å². The van der Waals surface area contributed by atoms with E-state index in [4.69, 9.17) is 4.74 Å². The first-order valence-electron chi connectivity index (χ1n) is 10.9. The fourth-order valence-corrected chi connectivity index (χ4v) is 4.67. The van der Waals surface area contributed by atoms with E-state index < -0.39 is 42.7 Å². The number of amides is 2. The minimum absolute atomic E-state index is 0.0761. The number of carboxylic acids is 1. The molecule has 1 saturated heterocycles. The first-order valence-corrected chi connectivity index (χ1v) is 10.9. The minimum atomic E-state index is -4.96. The van der Waals surface area contributed by atoms with Crippen molar-refractivity contribution in [2.75, 3.05) is 19.7 Å². The quantitative estimate of drug-likeness (QED) is 0.662. The number of carboxylic acid groups (broad SMARTS) is 1. The third kappa shape index (κ3) is 4.57. The van der Waals surface area contributed by atoms with Gasteiger partial charge in [-0.25, -0.2) is 9.59 Å². The molecule has 1 aliphatic carbocycles. The average molecular weight is 476 g/mol. The van der Waals surface area contributed by atoms with Crippen LogP contribution >= 0.6 is 0 Å². The van der Waals surface area contributed by atoms with Gasteiger partial charge in [0, 0.05) is 19.0 Å². The summed E-state index contributed by atoms with van der Waals surface area (Å²) in [5, 5.41) is 11.2. The lowest BCUT2D eigenvalue weighted by atomic mass is 9.98. The van der Waals surface area contributed by atoms with Gasteiger partial charge in [-0.05, 0) is 35.1 Å². The Balaban J connectivity index is 1.40. The van der Waals surface area contributed by atoms with E-state index in [2.05, 4.69) is 0 Å². The van der Waals surface area contributed by atoms with Crippen LogP contribution in [-0.2, 0) is 14.3 Å². The molecular weight excluding hydrogens is 453 g/mol. The Kier molecular flexibility index (Phi) is 6.49. The van der Waals surface area contributed by atoms with Gasteiger partial charge in [0.2, 0.25) is 5.91 Å². The van der Waals surface area contributed by atoms with Gasteiger partial charge >= 0.3 is 18.2 Å². The predicted molar refractivity (Wildman–Crippen MR) is 115 cm³/mol. The second kappa shape index (κ2) is 9.36. The lowest BCUT2D eigenvalue weighted by Gasteiger charge is -2.28. The van der Waals surface area contributed by atoms with Gasteiger partial charge in [-0.1, -0.05) is 48.5 Å². The molecule has 2 amide bonds. The highest BCUT2D eigenvalue weighted by molar-refractivity contribution is 5.86. The normalized spacial score (nSPS) is 18.2. The van der Waals surface area contributed by atoms with E-state index in [1.165, 1.54) is 0 Å². The van der Waals surface area contributed by atoms with Gasteiger partial charge in [0.15, 0.2) is 5.92 Å². The zero-order valence-corrected chi connectivity index (χ0v) is 18.0. The number of hydrogen-bond acceptors (Lipinski definition) is 4. The largest absolute Gasteiger partial charge is 0.480 e. The summed E-state index contributed by atoms with van der Waals surface area (Å²) in [4.78, 5) is 36.8. The van der Waals surface area contributed by atoms with Gasteiger partial charge in [0.05, 0.1) is 0 Å². The van der Waals surface area contributed by atoms with Crippen LogP contribution in [0.15, 0.2) is 48.5 Å². The van der Waals surface area contributed by atoms with Crippen LogP contribution in [0.1, 0.15) is 29.9 Å². The third-order valence-corrected chi connectivity index (χ3v) is 6.31. The molecule has 0 radical (unpaired) electrons. The van der Waals surface area contributed by atoms with Gasteiger partial charge < -0.3 is 20.1 Å². The fraction of sp³-hybridized carbons (Fsp3) is 0.375. The van der Waals surface area contributed by atoms with Crippen LogP contribution in [0, 0.1) is 5.92 Å². The van der Waals surface area contributed by atoms with Crippen LogP contribution in [0.3, 0.4) is 0 Å². The number of nitrogens with zero attached hydrogens (tertiary/aromatic N) is 1. The Hall–Kier alpha value is -3.56. The van der Waals surface area contributed by atoms with Crippen molar-refractivity contribution >= 4 is 18.0 Å². The second-order valence-corrected chi connectivity index (χ2v) is 8.33. The Morgan fingerprint density at radius 3 is 2.21 bits per heavy atom. The standard InChI is InChI=1S/C24H23F3N2O5/c25-24(26,27)19(21(30)29-11-5-10-20(29)22(31)32)12-28-23(33)34-13-18-16-8-3-1-6-14(16)15-7-2-4-9-17(15)18/h1-4,6-9,18-20H,5,10-13H2,(H,28,33)(H,31,32)/t19?,20-/m0/s1. The molecule has 7 nitrogen and oxygen atoms in total. The van der Waals surface area contributed by atoms with E-state index in [0.717, 1.165) is 27.2 Å². The molecule has 2 aliphatic rings. The van der Waals surface area contributed by atoms with Crippen molar-refractivity contribution in [3.05, 3.63) is 59.7 Å². The molecule has 10 heteroatoms. The predicted octanol–water partition coefficient (Wildman–Crippen LogP) is 3.78. The molecule has 1 fully saturated rings. The van der Waals surface area contributed by atoms with E-state index in [1.807, 2.05) is 53.8 Å². The maximum Gasteiger partial charge on any atom is 0.407 e. The number of nitrogens with one attached hydrogen (secondary N) is 1. The summed E-state index contributed by atoms with van der Waals surface area (Å²) < 4.78 is 46.0. The number of carbonyl (C=O) groups excluding carboxylic acids is 2. The first kappa shape index (κ1) is 23.6. The van der Waals surface area contributed by atoms with Gasteiger partial charge in [-0.2, -0.15) is 13.2 Å². The van der Waals surface area contributed by atoms with E-state index in [-0.39, 0.29) is 25.5 Å². The molecule has 180 valence electrons. The highest BCUT2D eigenvalue weighted by Gasteiger charge is 2.49. The summed E-state index contributed by atoms with van der Waals surface area (Å²) in [7, 11) is 0. The van der Waals surface area contributed by atoms with E-state index >= 15 is 0 Å². The van der Waals surface area contributed by atoms with Crippen molar-refractivity contribution in [1.82, 2.24) is 10.2 Å². The molecule has 0 bridgehead atoms. The molecule has 2 aromatic carbocycles. The maximum absolute atomic E-state index is 13.6. The van der Waals surface area contributed by atoms with Gasteiger partial charge in [-0.15, -0.1) is 0 Å². The van der Waals surface area contributed by atoms with Crippen molar-refractivity contribution in [1.29, 1.82) is 0 Å². The van der Waals surface area contributed by atoms with E-state index in [9.17, 15) is 32.7 Å². The topological polar surface area (TPSA) is 95.9 Å². The van der Waals surface area contributed by atoms with E-state index in [0.29, 0.717) is 6.42 Å². The van der Waals surface area contributed by atoms with Crippen LogP contribution in [0.4, 0.5) is 18.0 Å². The van der Waals surface area contributed by atoms with Crippen LogP contribution in [-0.4, -0.2) is 59.9 Å². The Morgan fingerprint density at radius 2 is 1.65 bits per heavy atom. The van der Waals surface area contributed by atoms with Crippen molar-refractivity contribution < 1.29 is 37.4 Å².